The number of esters is 1. The molecule has 1 aliphatic carbocycles. The van der Waals surface area contributed by atoms with Crippen molar-refractivity contribution in [2.75, 3.05) is 11.9 Å². The van der Waals surface area contributed by atoms with Gasteiger partial charge < -0.3 is 10.1 Å². The molecule has 0 radical (unpaired) electrons. The number of amides is 1. The van der Waals surface area contributed by atoms with Gasteiger partial charge in [-0.1, -0.05) is 62.4 Å². The molecule has 168 valence electrons. The normalized spacial score (nSPS) is 23.2. The van der Waals surface area contributed by atoms with E-state index in [1.54, 1.807) is 0 Å². The number of hydrogen-bond donors (Lipinski definition) is 1. The maximum Gasteiger partial charge on any atom is 0.313 e. The van der Waals surface area contributed by atoms with Gasteiger partial charge in [0.15, 0.2) is 0 Å². The Hall–Kier alpha value is -2.88. The molecular weight excluding hydrogens is 398 g/mol. The van der Waals surface area contributed by atoms with Gasteiger partial charge in [-0.05, 0) is 67.3 Å². The van der Waals surface area contributed by atoms with Gasteiger partial charge >= 0.3 is 5.97 Å². The first kappa shape index (κ1) is 22.3. The van der Waals surface area contributed by atoms with Crippen molar-refractivity contribution in [2.24, 2.45) is 17.3 Å². The number of benzene rings is 2. The Morgan fingerprint density at radius 1 is 1.09 bits per heavy atom. The zero-order chi connectivity index (χ0) is 22.9. The van der Waals surface area contributed by atoms with E-state index in [2.05, 4.69) is 50.0 Å². The fourth-order valence-corrected chi connectivity index (χ4v) is 5.15. The molecular formula is C28H33NO3. The standard InChI is InChI=1S/C28H33NO3/c1-18(2)13-21-5-9-23(10-6-21)20(4)26(30)29-25-11-7-22(8-12-25)16-28-15-19(3)14-24(28)17-32-27(28)31/h5-12,18,20,24H,3,13-17H2,1-2,4H3,(H,29,30). The van der Waals surface area contributed by atoms with E-state index in [0.29, 0.717) is 25.4 Å². The van der Waals surface area contributed by atoms with Gasteiger partial charge in [-0.2, -0.15) is 0 Å². The Bertz CT molecular complexity index is 1010. The Labute approximate surface area is 191 Å². The Balaban J connectivity index is 1.38. The van der Waals surface area contributed by atoms with Crippen molar-refractivity contribution in [1.29, 1.82) is 0 Å². The van der Waals surface area contributed by atoms with Gasteiger partial charge in [0.1, 0.15) is 0 Å². The van der Waals surface area contributed by atoms with Crippen LogP contribution in [0, 0.1) is 17.3 Å². The molecule has 1 amide bonds. The lowest BCUT2D eigenvalue weighted by Crippen LogP contribution is -2.31. The monoisotopic (exact) mass is 431 g/mol. The number of rotatable bonds is 7. The number of hydrogen-bond acceptors (Lipinski definition) is 3. The van der Waals surface area contributed by atoms with E-state index in [-0.39, 0.29) is 23.7 Å². The van der Waals surface area contributed by atoms with Crippen LogP contribution in [0.25, 0.3) is 0 Å². The molecule has 1 heterocycles. The second-order valence-corrected chi connectivity index (χ2v) is 10.0. The summed E-state index contributed by atoms with van der Waals surface area (Å²) in [7, 11) is 0. The second-order valence-electron chi connectivity index (χ2n) is 10.0. The van der Waals surface area contributed by atoms with Crippen molar-refractivity contribution >= 4 is 17.6 Å². The predicted octanol–water partition coefficient (Wildman–Crippen LogP) is 5.68. The summed E-state index contributed by atoms with van der Waals surface area (Å²) < 4.78 is 5.38. The van der Waals surface area contributed by atoms with E-state index in [1.807, 2.05) is 31.2 Å². The fourth-order valence-electron chi connectivity index (χ4n) is 5.15. The molecule has 1 saturated carbocycles. The number of allylic oxidation sites excluding steroid dienone is 1. The van der Waals surface area contributed by atoms with Crippen LogP contribution < -0.4 is 5.32 Å². The Kier molecular flexibility index (Phi) is 6.23. The molecule has 3 atom stereocenters. The molecule has 0 aromatic heterocycles. The van der Waals surface area contributed by atoms with Gasteiger partial charge in [-0.25, -0.2) is 0 Å². The highest BCUT2D eigenvalue weighted by Crippen LogP contribution is 2.52. The molecule has 0 spiro atoms. The van der Waals surface area contributed by atoms with E-state index < -0.39 is 5.41 Å². The average Bonchev–Trinajstić information content (AvgIpc) is 3.22. The molecule has 1 saturated heterocycles. The number of nitrogens with one attached hydrogen (secondary N) is 1. The lowest BCUT2D eigenvalue weighted by atomic mass is 9.75. The molecule has 4 heteroatoms. The van der Waals surface area contributed by atoms with Gasteiger partial charge in [0.05, 0.1) is 17.9 Å². The highest BCUT2D eigenvalue weighted by molar-refractivity contribution is 5.95. The number of fused-ring (bicyclic) bond motifs is 1. The Morgan fingerprint density at radius 2 is 1.75 bits per heavy atom. The highest BCUT2D eigenvalue weighted by Gasteiger charge is 2.55. The van der Waals surface area contributed by atoms with Gasteiger partial charge in [0.25, 0.3) is 0 Å². The largest absolute Gasteiger partial charge is 0.465 e. The minimum Gasteiger partial charge on any atom is -0.465 e. The fraction of sp³-hybridized carbons (Fsp3) is 0.429. The van der Waals surface area contributed by atoms with Gasteiger partial charge in [-0.3, -0.25) is 9.59 Å². The van der Waals surface area contributed by atoms with Crippen LogP contribution in [0.2, 0.25) is 0 Å². The smallest absolute Gasteiger partial charge is 0.313 e. The number of cyclic esters (lactones) is 1. The summed E-state index contributed by atoms with van der Waals surface area (Å²) in [5, 5.41) is 3.02. The average molecular weight is 432 g/mol. The zero-order valence-electron chi connectivity index (χ0n) is 19.3. The Morgan fingerprint density at radius 3 is 2.41 bits per heavy atom. The summed E-state index contributed by atoms with van der Waals surface area (Å²) in [6, 6.07) is 16.2. The first-order valence-electron chi connectivity index (χ1n) is 11.6. The van der Waals surface area contributed by atoms with Crippen LogP contribution in [0.4, 0.5) is 5.69 Å². The SMILES string of the molecule is C=C1CC2COC(=O)C2(Cc2ccc(NC(=O)C(C)c3ccc(CC(C)C)cc3)cc2)C1. The van der Waals surface area contributed by atoms with Crippen LogP contribution >= 0.6 is 0 Å². The minimum atomic E-state index is -0.460. The van der Waals surface area contributed by atoms with Crippen molar-refractivity contribution in [2.45, 2.75) is 52.4 Å². The maximum atomic E-state index is 12.8. The summed E-state index contributed by atoms with van der Waals surface area (Å²) in [5.74, 6) is 0.489. The summed E-state index contributed by atoms with van der Waals surface area (Å²) >= 11 is 0. The minimum absolute atomic E-state index is 0.0283. The first-order valence-corrected chi connectivity index (χ1v) is 11.6. The van der Waals surface area contributed by atoms with Gasteiger partial charge in [0.2, 0.25) is 5.91 Å². The van der Waals surface area contributed by atoms with Crippen LogP contribution in [-0.4, -0.2) is 18.5 Å². The van der Waals surface area contributed by atoms with Gasteiger partial charge in [-0.15, -0.1) is 0 Å². The van der Waals surface area contributed by atoms with Crippen molar-refractivity contribution in [3.05, 3.63) is 77.4 Å². The number of carbonyl (C=O) groups excluding carboxylic acids is 2. The molecule has 0 bridgehead atoms. The molecule has 2 aromatic rings. The molecule has 4 nitrogen and oxygen atoms in total. The molecule has 1 N–H and O–H groups in total. The van der Waals surface area contributed by atoms with Crippen LogP contribution in [0.15, 0.2) is 60.7 Å². The van der Waals surface area contributed by atoms with Crippen LogP contribution in [-0.2, 0) is 27.2 Å². The zero-order valence-corrected chi connectivity index (χ0v) is 19.3. The highest BCUT2D eigenvalue weighted by atomic mass is 16.5. The molecule has 2 aromatic carbocycles. The van der Waals surface area contributed by atoms with E-state index in [4.69, 9.17) is 4.74 Å². The number of carbonyl (C=O) groups is 2. The lowest BCUT2D eigenvalue weighted by Gasteiger charge is -2.24. The molecule has 4 rings (SSSR count). The third-order valence-corrected chi connectivity index (χ3v) is 6.96. The van der Waals surface area contributed by atoms with E-state index >= 15 is 0 Å². The molecule has 32 heavy (non-hydrogen) atoms. The van der Waals surface area contributed by atoms with E-state index in [0.717, 1.165) is 35.2 Å². The third-order valence-electron chi connectivity index (χ3n) is 6.96. The molecule has 3 unspecified atom stereocenters. The van der Waals surface area contributed by atoms with Crippen molar-refractivity contribution < 1.29 is 14.3 Å². The second kappa shape index (κ2) is 8.93. The van der Waals surface area contributed by atoms with Crippen LogP contribution in [0.1, 0.15) is 56.2 Å². The summed E-state index contributed by atoms with van der Waals surface area (Å²) in [4.78, 5) is 25.3. The summed E-state index contributed by atoms with van der Waals surface area (Å²) in [6.45, 7) is 11.0. The van der Waals surface area contributed by atoms with Crippen molar-refractivity contribution in [1.82, 2.24) is 0 Å². The third kappa shape index (κ3) is 4.50. The van der Waals surface area contributed by atoms with Crippen molar-refractivity contribution in [3.8, 4) is 0 Å². The topological polar surface area (TPSA) is 55.4 Å². The van der Waals surface area contributed by atoms with Crippen LogP contribution in [0.5, 0.6) is 0 Å². The van der Waals surface area contributed by atoms with Gasteiger partial charge in [0, 0.05) is 11.6 Å². The number of ether oxygens (including phenoxy) is 1. The predicted molar refractivity (Wildman–Crippen MR) is 127 cm³/mol. The molecule has 1 aliphatic heterocycles. The molecule has 2 fully saturated rings. The quantitative estimate of drug-likeness (QED) is 0.453. The lowest BCUT2D eigenvalue weighted by molar-refractivity contribution is -0.146. The summed E-state index contributed by atoms with van der Waals surface area (Å²) in [6.07, 6.45) is 3.28. The number of anilines is 1. The van der Waals surface area contributed by atoms with Crippen LogP contribution in [0.3, 0.4) is 0 Å². The van der Waals surface area contributed by atoms with Crippen molar-refractivity contribution in [3.63, 3.8) is 0 Å². The van der Waals surface area contributed by atoms with E-state index in [1.165, 1.54) is 5.56 Å². The van der Waals surface area contributed by atoms with E-state index in [9.17, 15) is 9.59 Å². The molecule has 2 aliphatic rings. The summed E-state index contributed by atoms with van der Waals surface area (Å²) in [5.41, 5.74) is 4.83. The first-order chi connectivity index (χ1) is 15.3. The maximum absolute atomic E-state index is 12.8.